The van der Waals surface area contributed by atoms with Crippen LogP contribution in [-0.4, -0.2) is 63.9 Å². The molecule has 2 rings (SSSR count). The van der Waals surface area contributed by atoms with Gasteiger partial charge in [-0.25, -0.2) is 0 Å². The molecular formula is C16H25N7O2. The van der Waals surface area contributed by atoms with Crippen LogP contribution in [-0.2, 0) is 17.8 Å². The second-order valence-electron chi connectivity index (χ2n) is 6.03. The van der Waals surface area contributed by atoms with Gasteiger partial charge in [0, 0.05) is 31.0 Å². The molecule has 9 nitrogen and oxygen atoms in total. The van der Waals surface area contributed by atoms with Gasteiger partial charge in [0.25, 0.3) is 5.91 Å². The van der Waals surface area contributed by atoms with Gasteiger partial charge < -0.3 is 15.5 Å². The Morgan fingerprint density at radius 3 is 2.88 bits per heavy atom. The minimum atomic E-state index is -0.334. The van der Waals surface area contributed by atoms with E-state index in [1.807, 2.05) is 19.0 Å². The second kappa shape index (κ2) is 8.97. The van der Waals surface area contributed by atoms with Gasteiger partial charge in [-0.2, -0.15) is 10.2 Å². The van der Waals surface area contributed by atoms with Crippen LogP contribution in [0.1, 0.15) is 29.5 Å². The SMILES string of the molecule is CCCc1cc(C(=O)Nc2ccn(CC(=O)NCCN(C)C)n2)n[nH]1. The summed E-state index contributed by atoms with van der Waals surface area (Å²) >= 11 is 0. The Labute approximate surface area is 146 Å². The van der Waals surface area contributed by atoms with Crippen molar-refractivity contribution in [3.8, 4) is 0 Å². The number of hydrogen-bond acceptors (Lipinski definition) is 5. The third kappa shape index (κ3) is 6.03. The standard InChI is InChI=1S/C16H25N7O2/c1-4-5-12-10-13(20-19-12)16(25)18-14-6-8-23(21-14)11-15(24)17-7-9-22(2)3/h6,8,10H,4-5,7,9,11H2,1-3H3,(H,17,24)(H,19,20)(H,18,21,25). The maximum absolute atomic E-state index is 12.1. The lowest BCUT2D eigenvalue weighted by Gasteiger charge is -2.10. The highest BCUT2D eigenvalue weighted by atomic mass is 16.2. The van der Waals surface area contributed by atoms with Crippen molar-refractivity contribution in [2.75, 3.05) is 32.5 Å². The van der Waals surface area contributed by atoms with Gasteiger partial charge in [0.05, 0.1) is 0 Å². The second-order valence-corrected chi connectivity index (χ2v) is 6.03. The molecule has 2 heterocycles. The molecule has 0 atom stereocenters. The maximum atomic E-state index is 12.1. The smallest absolute Gasteiger partial charge is 0.277 e. The van der Waals surface area contributed by atoms with Crippen LogP contribution >= 0.6 is 0 Å². The van der Waals surface area contributed by atoms with E-state index in [4.69, 9.17) is 0 Å². The van der Waals surface area contributed by atoms with Crippen molar-refractivity contribution in [1.82, 2.24) is 30.2 Å². The van der Waals surface area contributed by atoms with E-state index in [9.17, 15) is 9.59 Å². The third-order valence-corrected chi connectivity index (χ3v) is 3.45. The number of amides is 2. The van der Waals surface area contributed by atoms with Gasteiger partial charge >= 0.3 is 0 Å². The molecule has 2 aromatic rings. The van der Waals surface area contributed by atoms with Gasteiger partial charge in [0.15, 0.2) is 11.5 Å². The first-order valence-electron chi connectivity index (χ1n) is 8.28. The van der Waals surface area contributed by atoms with Gasteiger partial charge in [0.1, 0.15) is 6.54 Å². The first-order chi connectivity index (χ1) is 12.0. The molecule has 0 spiro atoms. The molecule has 0 aromatic carbocycles. The van der Waals surface area contributed by atoms with Crippen LogP contribution < -0.4 is 10.6 Å². The lowest BCUT2D eigenvalue weighted by molar-refractivity contribution is -0.121. The van der Waals surface area contributed by atoms with E-state index in [1.54, 1.807) is 18.3 Å². The fourth-order valence-corrected chi connectivity index (χ4v) is 2.19. The molecule has 0 radical (unpaired) electrons. The average molecular weight is 347 g/mol. The van der Waals surface area contributed by atoms with Crippen molar-refractivity contribution in [2.45, 2.75) is 26.3 Å². The van der Waals surface area contributed by atoms with Crippen LogP contribution in [0, 0.1) is 0 Å². The number of nitrogens with one attached hydrogen (secondary N) is 3. The Kier molecular flexibility index (Phi) is 6.70. The quantitative estimate of drug-likeness (QED) is 0.612. The third-order valence-electron chi connectivity index (χ3n) is 3.45. The van der Waals surface area contributed by atoms with Gasteiger partial charge in [0.2, 0.25) is 5.91 Å². The van der Waals surface area contributed by atoms with Crippen LogP contribution in [0.4, 0.5) is 5.82 Å². The fourth-order valence-electron chi connectivity index (χ4n) is 2.19. The Balaban J connectivity index is 1.83. The van der Waals surface area contributed by atoms with Crippen LogP contribution in [0.3, 0.4) is 0 Å². The Hall–Kier alpha value is -2.68. The molecule has 0 unspecified atom stereocenters. The number of hydrogen-bond donors (Lipinski definition) is 3. The molecule has 0 aliphatic heterocycles. The van der Waals surface area contributed by atoms with Crippen molar-refractivity contribution >= 4 is 17.6 Å². The highest BCUT2D eigenvalue weighted by Crippen LogP contribution is 2.07. The van der Waals surface area contributed by atoms with Crippen molar-refractivity contribution in [1.29, 1.82) is 0 Å². The summed E-state index contributed by atoms with van der Waals surface area (Å²) in [6.45, 7) is 3.52. The average Bonchev–Trinajstić information content (AvgIpc) is 3.17. The van der Waals surface area contributed by atoms with Gasteiger partial charge in [-0.1, -0.05) is 13.3 Å². The highest BCUT2D eigenvalue weighted by molar-refractivity contribution is 6.02. The summed E-state index contributed by atoms with van der Waals surface area (Å²) in [6.07, 6.45) is 3.47. The number of likely N-dealkylation sites (N-methyl/N-ethyl adjacent to an activating group) is 1. The van der Waals surface area contributed by atoms with E-state index in [0.717, 1.165) is 25.1 Å². The Bertz CT molecular complexity index is 705. The molecule has 0 saturated carbocycles. The maximum Gasteiger partial charge on any atom is 0.277 e. The number of H-pyrrole nitrogens is 1. The summed E-state index contributed by atoms with van der Waals surface area (Å²) in [5.74, 6) is -0.0789. The zero-order valence-corrected chi connectivity index (χ0v) is 14.9. The number of carbonyl (C=O) groups excluding carboxylic acids is 2. The minimum Gasteiger partial charge on any atom is -0.353 e. The summed E-state index contributed by atoms with van der Waals surface area (Å²) in [6, 6.07) is 3.37. The van der Waals surface area contributed by atoms with E-state index >= 15 is 0 Å². The fraction of sp³-hybridized carbons (Fsp3) is 0.500. The lowest BCUT2D eigenvalue weighted by atomic mass is 10.2. The molecule has 3 N–H and O–H groups in total. The summed E-state index contributed by atoms with van der Waals surface area (Å²) < 4.78 is 1.48. The summed E-state index contributed by atoms with van der Waals surface area (Å²) in [5, 5.41) is 16.5. The molecule has 0 bridgehead atoms. The molecular weight excluding hydrogens is 322 g/mol. The number of nitrogens with zero attached hydrogens (tertiary/aromatic N) is 4. The van der Waals surface area contributed by atoms with Crippen LogP contribution in [0.15, 0.2) is 18.3 Å². The lowest BCUT2D eigenvalue weighted by Crippen LogP contribution is -2.33. The number of aryl methyl sites for hydroxylation is 1. The molecule has 0 saturated heterocycles. The minimum absolute atomic E-state index is 0.104. The predicted molar refractivity (Wildman–Crippen MR) is 94.3 cm³/mol. The molecule has 0 aliphatic rings. The number of aromatic amines is 1. The van der Waals surface area contributed by atoms with E-state index in [-0.39, 0.29) is 18.4 Å². The first-order valence-corrected chi connectivity index (χ1v) is 8.28. The largest absolute Gasteiger partial charge is 0.353 e. The van der Waals surface area contributed by atoms with E-state index in [0.29, 0.717) is 18.1 Å². The monoisotopic (exact) mass is 347 g/mol. The molecule has 0 fully saturated rings. The van der Waals surface area contributed by atoms with Crippen molar-refractivity contribution in [3.05, 3.63) is 29.7 Å². The highest BCUT2D eigenvalue weighted by Gasteiger charge is 2.12. The zero-order chi connectivity index (χ0) is 18.2. The van der Waals surface area contributed by atoms with E-state index in [2.05, 4.69) is 32.9 Å². The normalized spacial score (nSPS) is 10.9. The van der Waals surface area contributed by atoms with Crippen LogP contribution in [0.25, 0.3) is 0 Å². The molecule has 2 aromatic heterocycles. The zero-order valence-electron chi connectivity index (χ0n) is 14.9. The van der Waals surface area contributed by atoms with Gasteiger partial charge in [-0.05, 0) is 26.6 Å². The summed E-state index contributed by atoms with van der Waals surface area (Å²) in [4.78, 5) is 25.9. The Morgan fingerprint density at radius 2 is 2.16 bits per heavy atom. The molecule has 9 heteroatoms. The van der Waals surface area contributed by atoms with Crippen LogP contribution in [0.2, 0.25) is 0 Å². The van der Waals surface area contributed by atoms with E-state index < -0.39 is 0 Å². The van der Waals surface area contributed by atoms with Gasteiger partial charge in [-0.15, -0.1) is 0 Å². The number of rotatable bonds is 9. The Morgan fingerprint density at radius 1 is 1.36 bits per heavy atom. The van der Waals surface area contributed by atoms with Crippen molar-refractivity contribution < 1.29 is 9.59 Å². The van der Waals surface area contributed by atoms with Crippen LogP contribution in [0.5, 0.6) is 0 Å². The molecule has 2 amide bonds. The molecule has 25 heavy (non-hydrogen) atoms. The number of aromatic nitrogens is 4. The summed E-state index contributed by atoms with van der Waals surface area (Å²) in [5.41, 5.74) is 1.24. The number of anilines is 1. The molecule has 0 aliphatic carbocycles. The number of carbonyl (C=O) groups is 2. The van der Waals surface area contributed by atoms with Crippen molar-refractivity contribution in [3.63, 3.8) is 0 Å². The van der Waals surface area contributed by atoms with E-state index in [1.165, 1.54) is 4.68 Å². The summed E-state index contributed by atoms with van der Waals surface area (Å²) in [7, 11) is 3.89. The molecule has 136 valence electrons. The first kappa shape index (κ1) is 18.7. The van der Waals surface area contributed by atoms with Gasteiger partial charge in [-0.3, -0.25) is 19.4 Å². The predicted octanol–water partition coefficient (Wildman–Crippen LogP) is 0.489. The van der Waals surface area contributed by atoms with Crippen molar-refractivity contribution in [2.24, 2.45) is 0 Å². The topological polar surface area (TPSA) is 108 Å².